The van der Waals surface area contributed by atoms with Crippen LogP contribution in [0.15, 0.2) is 64.5 Å². The number of thiophene rings is 1. The molecule has 2 heterocycles. The van der Waals surface area contributed by atoms with Gasteiger partial charge >= 0.3 is 0 Å². The summed E-state index contributed by atoms with van der Waals surface area (Å²) in [7, 11) is -1.89. The molecule has 0 bridgehead atoms. The van der Waals surface area contributed by atoms with Gasteiger partial charge in [0.2, 0.25) is 0 Å². The van der Waals surface area contributed by atoms with E-state index in [-0.39, 0.29) is 11.7 Å². The van der Waals surface area contributed by atoms with Gasteiger partial charge in [-0.2, -0.15) is 0 Å². The molecule has 0 radical (unpaired) electrons. The highest BCUT2D eigenvalue weighted by molar-refractivity contribution is 9.10. The van der Waals surface area contributed by atoms with Crippen LogP contribution in [0, 0.1) is 0 Å². The maximum atomic E-state index is 13.4. The Kier molecular flexibility index (Phi) is 6.07. The number of hydrogen-bond donors (Lipinski definition) is 0. The van der Waals surface area contributed by atoms with Crippen LogP contribution < -0.4 is 4.74 Å². The maximum absolute atomic E-state index is 13.4. The molecule has 0 N–H and O–H groups in total. The van der Waals surface area contributed by atoms with E-state index in [4.69, 9.17) is 16.3 Å². The number of hydrogen-bond acceptors (Lipinski definition) is 6. The third-order valence-electron chi connectivity index (χ3n) is 5.68. The Balaban J connectivity index is 1.53. The van der Waals surface area contributed by atoms with Crippen LogP contribution in [0.25, 0.3) is 16.4 Å². The first-order chi connectivity index (χ1) is 15.9. The molecule has 1 saturated carbocycles. The van der Waals surface area contributed by atoms with Gasteiger partial charge in [-0.25, -0.2) is 8.42 Å². The van der Waals surface area contributed by atoms with E-state index in [1.165, 1.54) is 11.3 Å². The molecular formula is C23H19BrClN3O3S2. The molecule has 1 aliphatic rings. The normalized spacial score (nSPS) is 17.8. The van der Waals surface area contributed by atoms with Gasteiger partial charge in [0.05, 0.1) is 22.9 Å². The third-order valence-corrected chi connectivity index (χ3v) is 9.39. The van der Waals surface area contributed by atoms with Gasteiger partial charge in [0.25, 0.3) is 0 Å². The number of aromatic nitrogens is 3. The second-order valence-corrected chi connectivity index (χ2v) is 12.3. The number of sulfone groups is 1. The van der Waals surface area contributed by atoms with E-state index < -0.39 is 15.1 Å². The molecule has 0 spiro atoms. The Bertz CT molecular complexity index is 1400. The molecule has 2 atom stereocenters. The van der Waals surface area contributed by atoms with Crippen LogP contribution in [-0.2, 0) is 15.6 Å². The minimum atomic E-state index is -3.47. The van der Waals surface area contributed by atoms with Crippen LogP contribution in [0.5, 0.6) is 5.75 Å². The van der Waals surface area contributed by atoms with Crippen molar-refractivity contribution in [2.24, 2.45) is 0 Å². The van der Waals surface area contributed by atoms with Crippen molar-refractivity contribution in [3.05, 3.63) is 80.9 Å². The van der Waals surface area contributed by atoms with Crippen LogP contribution in [-0.4, -0.2) is 35.5 Å². The Morgan fingerprint density at radius 2 is 1.97 bits per heavy atom. The van der Waals surface area contributed by atoms with E-state index in [1.54, 1.807) is 23.8 Å². The molecule has 6 nitrogen and oxygen atoms in total. The summed E-state index contributed by atoms with van der Waals surface area (Å²) in [5, 5.41) is 10.8. The topological polar surface area (TPSA) is 74.1 Å². The molecule has 1 aliphatic carbocycles. The first-order valence-corrected chi connectivity index (χ1v) is 13.9. The largest absolute Gasteiger partial charge is 0.495 e. The van der Waals surface area contributed by atoms with Crippen LogP contribution in [0.3, 0.4) is 0 Å². The van der Waals surface area contributed by atoms with Crippen molar-refractivity contribution in [1.29, 1.82) is 0 Å². The third kappa shape index (κ3) is 4.47. The van der Waals surface area contributed by atoms with Crippen molar-refractivity contribution in [1.82, 2.24) is 14.8 Å². The molecule has 0 aliphatic heterocycles. The lowest BCUT2D eigenvalue weighted by Crippen LogP contribution is -2.15. The molecule has 2 aromatic carbocycles. The van der Waals surface area contributed by atoms with Gasteiger partial charge in [-0.15, -0.1) is 21.5 Å². The van der Waals surface area contributed by atoms with Crippen molar-refractivity contribution in [3.8, 4) is 22.1 Å². The lowest BCUT2D eigenvalue weighted by Gasteiger charge is -2.14. The summed E-state index contributed by atoms with van der Waals surface area (Å²) < 4.78 is 34.9. The van der Waals surface area contributed by atoms with Crippen LogP contribution in [0.2, 0.25) is 5.02 Å². The summed E-state index contributed by atoms with van der Waals surface area (Å²) in [6.07, 6.45) is 0.593. The van der Waals surface area contributed by atoms with Crippen LogP contribution in [0.1, 0.15) is 23.7 Å². The second-order valence-electron chi connectivity index (χ2n) is 7.81. The monoisotopic (exact) mass is 563 g/mol. The minimum absolute atomic E-state index is 0.0270. The van der Waals surface area contributed by atoms with Crippen LogP contribution >= 0.6 is 38.9 Å². The fourth-order valence-electron chi connectivity index (χ4n) is 3.98. The predicted molar refractivity (Wildman–Crippen MR) is 134 cm³/mol. The highest BCUT2D eigenvalue weighted by Gasteiger charge is 2.48. The molecule has 1 fully saturated rings. The standard InChI is InChI=1S/C23H19BrClN3O3S2/c1-31-19-9-6-15(24)11-18(19)28-22(26-27-23(28)20-3-2-10-32-20)13-33(29,30)21-12-17(21)14-4-7-16(25)8-5-14/h2-11,17,21H,12-13H2,1H3/t17-,21+/m0/s1. The Hall–Kier alpha value is -2.20. The zero-order valence-corrected chi connectivity index (χ0v) is 21.5. The van der Waals surface area contributed by atoms with E-state index in [0.717, 1.165) is 14.9 Å². The molecule has 10 heteroatoms. The average molecular weight is 565 g/mol. The number of halogens is 2. The summed E-state index contributed by atoms with van der Waals surface area (Å²) >= 11 is 11.0. The van der Waals surface area contributed by atoms with Crippen molar-refractivity contribution in [3.63, 3.8) is 0 Å². The smallest absolute Gasteiger partial charge is 0.178 e. The van der Waals surface area contributed by atoms with E-state index in [2.05, 4.69) is 26.1 Å². The van der Waals surface area contributed by atoms with Gasteiger partial charge in [0.15, 0.2) is 21.5 Å². The minimum Gasteiger partial charge on any atom is -0.495 e. The van der Waals surface area contributed by atoms with Crippen molar-refractivity contribution in [2.45, 2.75) is 23.3 Å². The maximum Gasteiger partial charge on any atom is 0.178 e. The summed E-state index contributed by atoms with van der Waals surface area (Å²) in [4.78, 5) is 0.888. The molecule has 0 unspecified atom stereocenters. The summed E-state index contributed by atoms with van der Waals surface area (Å²) in [5.74, 6) is 1.30. The van der Waals surface area contributed by atoms with E-state index in [0.29, 0.717) is 34.5 Å². The van der Waals surface area contributed by atoms with Crippen molar-refractivity contribution >= 4 is 48.7 Å². The number of benzene rings is 2. The SMILES string of the molecule is COc1ccc(Br)cc1-n1c(CS(=O)(=O)[C@@H]2C[C@H]2c2ccc(Cl)cc2)nnc1-c1cccs1. The molecule has 33 heavy (non-hydrogen) atoms. The zero-order chi connectivity index (χ0) is 23.2. The van der Waals surface area contributed by atoms with Gasteiger partial charge in [0, 0.05) is 15.4 Å². The lowest BCUT2D eigenvalue weighted by atomic mass is 10.1. The van der Waals surface area contributed by atoms with Crippen LogP contribution in [0.4, 0.5) is 0 Å². The van der Waals surface area contributed by atoms with E-state index in [9.17, 15) is 8.42 Å². The second kappa shape index (κ2) is 8.87. The Labute approximate surface area is 209 Å². The van der Waals surface area contributed by atoms with Crippen molar-refractivity contribution < 1.29 is 13.2 Å². The van der Waals surface area contributed by atoms with Gasteiger partial charge in [0.1, 0.15) is 11.5 Å². The molecule has 0 saturated heterocycles. The van der Waals surface area contributed by atoms with Crippen molar-refractivity contribution in [2.75, 3.05) is 7.11 Å². The van der Waals surface area contributed by atoms with Gasteiger partial charge in [-0.1, -0.05) is 45.7 Å². The first-order valence-electron chi connectivity index (χ1n) is 10.2. The number of ether oxygens (including phenoxy) is 1. The first kappa shape index (κ1) is 22.6. The summed E-state index contributed by atoms with van der Waals surface area (Å²) in [6, 6.07) is 16.8. The number of rotatable bonds is 7. The molecule has 170 valence electrons. The number of nitrogens with zero attached hydrogens (tertiary/aromatic N) is 3. The van der Waals surface area contributed by atoms with E-state index in [1.807, 2.05) is 47.8 Å². The average Bonchev–Trinajstić information content (AvgIpc) is 3.24. The van der Waals surface area contributed by atoms with Gasteiger partial charge in [-0.3, -0.25) is 4.57 Å². The highest BCUT2D eigenvalue weighted by atomic mass is 79.9. The highest BCUT2D eigenvalue weighted by Crippen LogP contribution is 2.47. The molecule has 0 amide bonds. The summed E-state index contributed by atoms with van der Waals surface area (Å²) in [5.41, 5.74) is 1.66. The van der Waals surface area contributed by atoms with Gasteiger partial charge < -0.3 is 4.74 Å². The summed E-state index contributed by atoms with van der Waals surface area (Å²) in [6.45, 7) is 0. The number of methoxy groups -OCH3 is 1. The zero-order valence-electron chi connectivity index (χ0n) is 17.5. The quantitative estimate of drug-likeness (QED) is 0.280. The lowest BCUT2D eigenvalue weighted by molar-refractivity contribution is 0.412. The Morgan fingerprint density at radius 3 is 2.67 bits per heavy atom. The molecule has 4 aromatic rings. The predicted octanol–water partition coefficient (Wildman–Crippen LogP) is 5.89. The Morgan fingerprint density at radius 1 is 1.18 bits per heavy atom. The van der Waals surface area contributed by atoms with E-state index >= 15 is 0 Å². The fourth-order valence-corrected chi connectivity index (χ4v) is 7.08. The molecule has 5 rings (SSSR count). The molecule has 2 aromatic heterocycles. The van der Waals surface area contributed by atoms with Gasteiger partial charge in [-0.05, 0) is 53.8 Å². The molecular weight excluding hydrogens is 546 g/mol. The fraction of sp³-hybridized carbons (Fsp3) is 0.217.